The number of aliphatic hydroxyl groups excluding tert-OH is 1. The van der Waals surface area contributed by atoms with Crippen molar-refractivity contribution in [2.45, 2.75) is 12.5 Å². The molecule has 0 aliphatic carbocycles. The second kappa shape index (κ2) is 4.16. The van der Waals surface area contributed by atoms with Crippen molar-refractivity contribution in [3.05, 3.63) is 29.0 Å². The Bertz CT molecular complexity index is 383. The predicted octanol–water partition coefficient (Wildman–Crippen LogP) is 0.942. The minimum Gasteiger partial charge on any atom is -0.391 e. The number of likely N-dealkylation sites (tertiary alicyclic amines) is 1. The van der Waals surface area contributed by atoms with Crippen LogP contribution in [0.5, 0.6) is 0 Å². The van der Waals surface area contributed by atoms with E-state index in [1.54, 1.807) is 11.0 Å². The Balaban J connectivity index is 2.18. The zero-order valence-electron chi connectivity index (χ0n) is 8.06. The van der Waals surface area contributed by atoms with Gasteiger partial charge in [-0.3, -0.25) is 9.78 Å². The van der Waals surface area contributed by atoms with Gasteiger partial charge in [0.05, 0.1) is 16.7 Å². The summed E-state index contributed by atoms with van der Waals surface area (Å²) in [7, 11) is 0. The van der Waals surface area contributed by atoms with Crippen LogP contribution in [0, 0.1) is 0 Å². The molecule has 5 heteroatoms. The van der Waals surface area contributed by atoms with Gasteiger partial charge in [-0.05, 0) is 12.5 Å². The number of carbonyl (C=O) groups excluding carboxylic acids is 1. The number of halogens is 1. The molecule has 0 radical (unpaired) electrons. The van der Waals surface area contributed by atoms with Crippen molar-refractivity contribution in [3.63, 3.8) is 0 Å². The molecule has 1 atom stereocenters. The van der Waals surface area contributed by atoms with Gasteiger partial charge in [-0.1, -0.05) is 11.6 Å². The first-order valence-electron chi connectivity index (χ1n) is 4.75. The predicted molar refractivity (Wildman–Crippen MR) is 55.8 cm³/mol. The van der Waals surface area contributed by atoms with Gasteiger partial charge in [0.15, 0.2) is 0 Å². The number of aromatic nitrogens is 1. The first kappa shape index (κ1) is 10.4. The van der Waals surface area contributed by atoms with Crippen LogP contribution in [0.3, 0.4) is 0 Å². The third-order valence-electron chi connectivity index (χ3n) is 2.45. The number of nitrogens with zero attached hydrogens (tertiary/aromatic N) is 2. The number of pyridine rings is 1. The molecule has 0 bridgehead atoms. The molecule has 15 heavy (non-hydrogen) atoms. The highest BCUT2D eigenvalue weighted by Crippen LogP contribution is 2.18. The molecule has 1 N–H and O–H groups in total. The molecule has 1 saturated heterocycles. The summed E-state index contributed by atoms with van der Waals surface area (Å²) in [5, 5.41) is 9.68. The average molecular weight is 227 g/mol. The highest BCUT2D eigenvalue weighted by molar-refractivity contribution is 6.33. The Kier molecular flexibility index (Phi) is 2.88. The molecule has 1 aliphatic heterocycles. The van der Waals surface area contributed by atoms with Crippen LogP contribution in [0.4, 0.5) is 0 Å². The van der Waals surface area contributed by atoms with Crippen LogP contribution in [0.2, 0.25) is 5.02 Å². The van der Waals surface area contributed by atoms with Crippen molar-refractivity contribution in [2.24, 2.45) is 0 Å². The van der Waals surface area contributed by atoms with Crippen LogP contribution < -0.4 is 0 Å². The normalized spacial score (nSPS) is 20.7. The topological polar surface area (TPSA) is 53.4 Å². The number of rotatable bonds is 1. The van der Waals surface area contributed by atoms with E-state index in [0.29, 0.717) is 30.1 Å². The molecule has 1 aromatic rings. The highest BCUT2D eigenvalue weighted by Gasteiger charge is 2.26. The Hall–Kier alpha value is -1.13. The van der Waals surface area contributed by atoms with Crippen molar-refractivity contribution < 1.29 is 9.90 Å². The van der Waals surface area contributed by atoms with Gasteiger partial charge in [0.2, 0.25) is 0 Å². The maximum absolute atomic E-state index is 11.9. The van der Waals surface area contributed by atoms with E-state index in [9.17, 15) is 9.90 Å². The minimum absolute atomic E-state index is 0.140. The van der Waals surface area contributed by atoms with Crippen molar-refractivity contribution in [1.82, 2.24) is 9.88 Å². The largest absolute Gasteiger partial charge is 0.391 e. The lowest BCUT2D eigenvalue weighted by molar-refractivity contribution is 0.0765. The SMILES string of the molecule is O=C(c1ccncc1Cl)N1CCC(O)C1. The maximum atomic E-state index is 11.9. The smallest absolute Gasteiger partial charge is 0.255 e. The van der Waals surface area contributed by atoms with Gasteiger partial charge in [0.25, 0.3) is 5.91 Å². The number of hydrogen-bond acceptors (Lipinski definition) is 3. The Morgan fingerprint density at radius 2 is 2.47 bits per heavy atom. The van der Waals surface area contributed by atoms with E-state index in [1.165, 1.54) is 12.4 Å². The second-order valence-corrected chi connectivity index (χ2v) is 3.96. The number of carbonyl (C=O) groups is 1. The fourth-order valence-electron chi connectivity index (χ4n) is 1.65. The molecule has 1 amide bonds. The number of aliphatic hydroxyl groups is 1. The molecule has 1 fully saturated rings. The molecule has 0 saturated carbocycles. The number of amides is 1. The third kappa shape index (κ3) is 2.11. The van der Waals surface area contributed by atoms with Crippen LogP contribution in [-0.2, 0) is 0 Å². The van der Waals surface area contributed by atoms with E-state index in [0.717, 1.165) is 0 Å². The van der Waals surface area contributed by atoms with Gasteiger partial charge in [-0.15, -0.1) is 0 Å². The summed E-state index contributed by atoms with van der Waals surface area (Å²) in [6, 6.07) is 1.59. The van der Waals surface area contributed by atoms with E-state index >= 15 is 0 Å². The average Bonchev–Trinajstić information content (AvgIpc) is 2.65. The van der Waals surface area contributed by atoms with Crippen LogP contribution >= 0.6 is 11.6 Å². The summed E-state index contributed by atoms with van der Waals surface area (Å²) in [5.74, 6) is -0.140. The van der Waals surface area contributed by atoms with Gasteiger partial charge in [0.1, 0.15) is 0 Å². The van der Waals surface area contributed by atoms with Crippen LogP contribution in [0.25, 0.3) is 0 Å². The van der Waals surface area contributed by atoms with Crippen molar-refractivity contribution in [3.8, 4) is 0 Å². The fourth-order valence-corrected chi connectivity index (χ4v) is 1.85. The Labute approximate surface area is 92.5 Å². The standard InChI is InChI=1S/C10H11ClN2O2/c11-9-5-12-3-1-8(9)10(15)13-4-2-7(14)6-13/h1,3,5,7,14H,2,4,6H2. The van der Waals surface area contributed by atoms with Gasteiger partial charge in [-0.25, -0.2) is 0 Å². The summed E-state index contributed by atoms with van der Waals surface area (Å²) >= 11 is 5.86. The molecule has 0 aromatic carbocycles. The zero-order valence-corrected chi connectivity index (χ0v) is 8.81. The maximum Gasteiger partial charge on any atom is 0.255 e. The van der Waals surface area contributed by atoms with E-state index in [2.05, 4.69) is 4.98 Å². The summed E-state index contributed by atoms with van der Waals surface area (Å²) in [6.07, 6.45) is 3.20. The minimum atomic E-state index is -0.408. The summed E-state index contributed by atoms with van der Waals surface area (Å²) in [6.45, 7) is 0.968. The molecule has 4 nitrogen and oxygen atoms in total. The Morgan fingerprint density at radius 1 is 1.67 bits per heavy atom. The summed E-state index contributed by atoms with van der Waals surface area (Å²) in [5.41, 5.74) is 0.445. The molecular weight excluding hydrogens is 216 g/mol. The Morgan fingerprint density at radius 3 is 3.07 bits per heavy atom. The third-order valence-corrected chi connectivity index (χ3v) is 2.75. The van der Waals surface area contributed by atoms with Crippen LogP contribution in [0.15, 0.2) is 18.5 Å². The monoisotopic (exact) mass is 226 g/mol. The molecule has 2 rings (SSSR count). The number of β-amino-alcohol motifs (C(OH)–C–C–N with tert-alkyl or cyclic N) is 1. The first-order chi connectivity index (χ1) is 7.18. The summed E-state index contributed by atoms with van der Waals surface area (Å²) in [4.78, 5) is 17.3. The molecule has 2 heterocycles. The first-order valence-corrected chi connectivity index (χ1v) is 5.13. The van der Waals surface area contributed by atoms with Crippen LogP contribution in [-0.4, -0.2) is 40.1 Å². The van der Waals surface area contributed by atoms with E-state index in [1.807, 2.05) is 0 Å². The highest BCUT2D eigenvalue weighted by atomic mass is 35.5. The molecule has 1 unspecified atom stereocenters. The van der Waals surface area contributed by atoms with Crippen molar-refractivity contribution in [1.29, 1.82) is 0 Å². The molecule has 0 spiro atoms. The van der Waals surface area contributed by atoms with E-state index in [-0.39, 0.29) is 5.91 Å². The quantitative estimate of drug-likeness (QED) is 0.776. The molecular formula is C10H11ClN2O2. The van der Waals surface area contributed by atoms with Crippen LogP contribution in [0.1, 0.15) is 16.8 Å². The van der Waals surface area contributed by atoms with Gasteiger partial charge < -0.3 is 10.0 Å². The number of hydrogen-bond donors (Lipinski definition) is 1. The van der Waals surface area contributed by atoms with Gasteiger partial charge >= 0.3 is 0 Å². The van der Waals surface area contributed by atoms with Gasteiger partial charge in [0, 0.05) is 25.5 Å². The molecule has 1 aliphatic rings. The lowest BCUT2D eigenvalue weighted by Crippen LogP contribution is -2.29. The lowest BCUT2D eigenvalue weighted by atomic mass is 10.2. The van der Waals surface area contributed by atoms with Crippen molar-refractivity contribution >= 4 is 17.5 Å². The van der Waals surface area contributed by atoms with E-state index < -0.39 is 6.10 Å². The molecule has 1 aromatic heterocycles. The summed E-state index contributed by atoms with van der Waals surface area (Å²) < 4.78 is 0. The molecule has 80 valence electrons. The lowest BCUT2D eigenvalue weighted by Gasteiger charge is -2.15. The fraction of sp³-hybridized carbons (Fsp3) is 0.400. The second-order valence-electron chi connectivity index (χ2n) is 3.55. The van der Waals surface area contributed by atoms with E-state index in [4.69, 9.17) is 11.6 Å². The van der Waals surface area contributed by atoms with Crippen molar-refractivity contribution in [2.75, 3.05) is 13.1 Å². The van der Waals surface area contributed by atoms with Gasteiger partial charge in [-0.2, -0.15) is 0 Å². The zero-order chi connectivity index (χ0) is 10.8.